The number of nitrogens with zero attached hydrogens (tertiary/aromatic N) is 2. The van der Waals surface area contributed by atoms with Crippen molar-refractivity contribution in [2.75, 3.05) is 17.2 Å². The van der Waals surface area contributed by atoms with E-state index >= 15 is 0 Å². The molecule has 5 N–H and O–H groups in total. The highest BCUT2D eigenvalue weighted by atomic mass is 16.4. The van der Waals surface area contributed by atoms with Crippen molar-refractivity contribution < 1.29 is 14.7 Å². The second-order valence-corrected chi connectivity index (χ2v) is 4.63. The Kier molecular flexibility index (Phi) is 4.70. The number of carboxylic acid groups (broad SMARTS) is 1. The lowest BCUT2D eigenvalue weighted by Crippen LogP contribution is -2.35. The van der Waals surface area contributed by atoms with E-state index in [1.165, 1.54) is 12.3 Å². The molecule has 0 saturated heterocycles. The van der Waals surface area contributed by atoms with Crippen LogP contribution >= 0.6 is 0 Å². The Morgan fingerprint density at radius 3 is 2.59 bits per heavy atom. The molecule has 0 saturated carbocycles. The van der Waals surface area contributed by atoms with Gasteiger partial charge < -0.3 is 16.6 Å². The average molecular weight is 300 g/mol. The summed E-state index contributed by atoms with van der Waals surface area (Å²) < 4.78 is 0. The van der Waals surface area contributed by atoms with Gasteiger partial charge in [0.15, 0.2) is 0 Å². The molecule has 1 amide bonds. The molecule has 114 valence electrons. The lowest BCUT2D eigenvalue weighted by atomic mass is 10.1. The van der Waals surface area contributed by atoms with Crippen molar-refractivity contribution in [2.24, 2.45) is 5.73 Å². The number of anilines is 2. The van der Waals surface area contributed by atoms with Crippen LogP contribution in [0, 0.1) is 0 Å². The third-order valence-corrected chi connectivity index (χ3v) is 3.03. The number of carboxylic acids is 1. The van der Waals surface area contributed by atoms with Gasteiger partial charge in [-0.1, -0.05) is 12.1 Å². The van der Waals surface area contributed by atoms with Crippen LogP contribution in [0.3, 0.4) is 0 Å². The van der Waals surface area contributed by atoms with Gasteiger partial charge in [-0.25, -0.2) is 4.98 Å². The number of amides is 1. The number of hydrogen-bond acceptors (Lipinski definition) is 5. The first-order chi connectivity index (χ1) is 10.5. The fourth-order valence-electron chi connectivity index (χ4n) is 1.96. The summed E-state index contributed by atoms with van der Waals surface area (Å²) >= 11 is 0. The molecule has 0 aliphatic carbocycles. The largest absolute Gasteiger partial charge is 0.480 e. The number of nitrogens with two attached hydrogens (primary N) is 2. The Labute approximate surface area is 127 Å². The number of aliphatic carboxylic acids is 1. The Bertz CT molecular complexity index is 685. The van der Waals surface area contributed by atoms with E-state index in [4.69, 9.17) is 16.6 Å². The standard InChI is InChI=1S/C15H16N4O3/c16-7-10-2-1-3-11(6-10)15(22)19(9-14(20)21)12-4-5-13(17)18-8-12/h1-6,8H,7,9,16H2,(H2,17,18)(H,20,21). The van der Waals surface area contributed by atoms with E-state index in [9.17, 15) is 9.59 Å². The first-order valence-corrected chi connectivity index (χ1v) is 6.55. The molecule has 0 unspecified atom stereocenters. The third kappa shape index (κ3) is 3.58. The SMILES string of the molecule is NCc1cccc(C(=O)N(CC(=O)O)c2ccc(N)nc2)c1. The van der Waals surface area contributed by atoms with E-state index in [0.717, 1.165) is 10.5 Å². The lowest BCUT2D eigenvalue weighted by molar-refractivity contribution is -0.135. The minimum absolute atomic E-state index is 0.289. The molecule has 7 nitrogen and oxygen atoms in total. The molecule has 0 bridgehead atoms. The fraction of sp³-hybridized carbons (Fsp3) is 0.133. The predicted molar refractivity (Wildman–Crippen MR) is 82.3 cm³/mol. The zero-order chi connectivity index (χ0) is 16.1. The van der Waals surface area contributed by atoms with E-state index in [1.54, 1.807) is 30.3 Å². The number of carbonyl (C=O) groups is 2. The van der Waals surface area contributed by atoms with Crippen molar-refractivity contribution in [3.05, 3.63) is 53.7 Å². The Balaban J connectivity index is 2.37. The zero-order valence-electron chi connectivity index (χ0n) is 11.8. The molecule has 1 aromatic carbocycles. The molecule has 0 atom stereocenters. The summed E-state index contributed by atoms with van der Waals surface area (Å²) in [6.07, 6.45) is 1.36. The summed E-state index contributed by atoms with van der Waals surface area (Å²) in [5.74, 6) is -1.28. The van der Waals surface area contributed by atoms with Crippen LogP contribution in [0.2, 0.25) is 0 Å². The van der Waals surface area contributed by atoms with E-state index in [2.05, 4.69) is 4.98 Å². The average Bonchev–Trinajstić information content (AvgIpc) is 2.53. The first kappa shape index (κ1) is 15.5. The van der Waals surface area contributed by atoms with Gasteiger partial charge in [0.1, 0.15) is 12.4 Å². The number of pyridine rings is 1. The van der Waals surface area contributed by atoms with Crippen LogP contribution in [0.4, 0.5) is 11.5 Å². The van der Waals surface area contributed by atoms with Gasteiger partial charge in [-0.05, 0) is 29.8 Å². The minimum atomic E-state index is -1.12. The number of rotatable bonds is 5. The summed E-state index contributed by atoms with van der Waals surface area (Å²) in [6.45, 7) is -0.180. The van der Waals surface area contributed by atoms with E-state index < -0.39 is 18.4 Å². The van der Waals surface area contributed by atoms with Crippen LogP contribution < -0.4 is 16.4 Å². The van der Waals surface area contributed by atoms with E-state index in [-0.39, 0.29) is 5.82 Å². The van der Waals surface area contributed by atoms with Crippen molar-refractivity contribution >= 4 is 23.4 Å². The second-order valence-electron chi connectivity index (χ2n) is 4.63. The van der Waals surface area contributed by atoms with Crippen molar-refractivity contribution in [3.63, 3.8) is 0 Å². The van der Waals surface area contributed by atoms with Gasteiger partial charge in [-0.2, -0.15) is 0 Å². The van der Waals surface area contributed by atoms with E-state index in [0.29, 0.717) is 17.8 Å². The smallest absolute Gasteiger partial charge is 0.323 e. The predicted octanol–water partition coefficient (Wildman–Crippen LogP) is 0.854. The molecule has 2 rings (SSSR count). The molecule has 0 aliphatic rings. The summed E-state index contributed by atoms with van der Waals surface area (Å²) in [5, 5.41) is 9.04. The normalized spacial score (nSPS) is 10.2. The Hall–Kier alpha value is -2.93. The molecule has 0 radical (unpaired) electrons. The molecule has 1 heterocycles. The summed E-state index contributed by atoms with van der Waals surface area (Å²) in [6, 6.07) is 9.81. The molecule has 7 heteroatoms. The maximum atomic E-state index is 12.6. The molecule has 2 aromatic rings. The number of aromatic nitrogens is 1. The number of hydrogen-bond donors (Lipinski definition) is 3. The number of benzene rings is 1. The summed E-state index contributed by atoms with van der Waals surface area (Å²) in [4.78, 5) is 28.7. The van der Waals surface area contributed by atoms with Crippen molar-refractivity contribution in [1.29, 1.82) is 0 Å². The van der Waals surface area contributed by atoms with Gasteiger partial charge in [-0.3, -0.25) is 14.5 Å². The van der Waals surface area contributed by atoms with Crippen LogP contribution in [0.15, 0.2) is 42.6 Å². The molecule has 0 aliphatic heterocycles. The fourth-order valence-corrected chi connectivity index (χ4v) is 1.96. The van der Waals surface area contributed by atoms with Gasteiger partial charge in [0.25, 0.3) is 5.91 Å². The Morgan fingerprint density at radius 2 is 2.00 bits per heavy atom. The highest BCUT2D eigenvalue weighted by Crippen LogP contribution is 2.18. The molecule has 0 fully saturated rings. The number of carbonyl (C=O) groups excluding carboxylic acids is 1. The highest BCUT2D eigenvalue weighted by Gasteiger charge is 2.21. The van der Waals surface area contributed by atoms with Crippen molar-refractivity contribution in [3.8, 4) is 0 Å². The second kappa shape index (κ2) is 6.68. The van der Waals surface area contributed by atoms with Crippen LogP contribution in [-0.4, -0.2) is 28.5 Å². The molecule has 1 aromatic heterocycles. The van der Waals surface area contributed by atoms with Crippen molar-refractivity contribution in [1.82, 2.24) is 4.98 Å². The number of nitrogen functional groups attached to an aromatic ring is 1. The minimum Gasteiger partial charge on any atom is -0.480 e. The molecule has 22 heavy (non-hydrogen) atoms. The topological polar surface area (TPSA) is 123 Å². The first-order valence-electron chi connectivity index (χ1n) is 6.55. The molecule has 0 spiro atoms. The van der Waals surface area contributed by atoms with Gasteiger partial charge in [-0.15, -0.1) is 0 Å². The monoisotopic (exact) mass is 300 g/mol. The summed E-state index contributed by atoms with van der Waals surface area (Å²) in [5.41, 5.74) is 12.6. The van der Waals surface area contributed by atoms with Gasteiger partial charge in [0.05, 0.1) is 11.9 Å². The zero-order valence-corrected chi connectivity index (χ0v) is 11.8. The van der Waals surface area contributed by atoms with Crippen LogP contribution in [0.25, 0.3) is 0 Å². The molecular formula is C15H16N4O3. The maximum absolute atomic E-state index is 12.6. The van der Waals surface area contributed by atoms with Gasteiger partial charge >= 0.3 is 5.97 Å². The molecular weight excluding hydrogens is 284 g/mol. The lowest BCUT2D eigenvalue weighted by Gasteiger charge is -2.21. The quantitative estimate of drug-likeness (QED) is 0.752. The van der Waals surface area contributed by atoms with Crippen LogP contribution in [-0.2, 0) is 11.3 Å². The van der Waals surface area contributed by atoms with Crippen LogP contribution in [0.1, 0.15) is 15.9 Å². The maximum Gasteiger partial charge on any atom is 0.323 e. The highest BCUT2D eigenvalue weighted by molar-refractivity contribution is 6.08. The van der Waals surface area contributed by atoms with Gasteiger partial charge in [0, 0.05) is 12.1 Å². The summed E-state index contributed by atoms with van der Waals surface area (Å²) in [7, 11) is 0. The van der Waals surface area contributed by atoms with Crippen molar-refractivity contribution in [2.45, 2.75) is 6.54 Å². The third-order valence-electron chi connectivity index (χ3n) is 3.03. The van der Waals surface area contributed by atoms with Gasteiger partial charge in [0.2, 0.25) is 0 Å². The van der Waals surface area contributed by atoms with E-state index in [1.807, 2.05) is 0 Å². The Morgan fingerprint density at radius 1 is 1.23 bits per heavy atom. The van der Waals surface area contributed by atoms with Crippen LogP contribution in [0.5, 0.6) is 0 Å².